The van der Waals surface area contributed by atoms with Crippen LogP contribution < -0.4 is 15.0 Å². The van der Waals surface area contributed by atoms with E-state index in [4.69, 9.17) is 31.7 Å². The molecule has 13 heteroatoms. The molecule has 0 saturated carbocycles. The molecule has 218 valence electrons. The van der Waals surface area contributed by atoms with Crippen molar-refractivity contribution in [1.82, 2.24) is 19.6 Å². The molecule has 2 aromatic rings. The molecule has 1 aromatic carbocycles. The van der Waals surface area contributed by atoms with Crippen molar-refractivity contribution in [3.8, 4) is 17.1 Å². The third kappa shape index (κ3) is 6.26. The van der Waals surface area contributed by atoms with Crippen molar-refractivity contribution in [3.63, 3.8) is 0 Å². The van der Waals surface area contributed by atoms with Crippen LogP contribution in [-0.2, 0) is 10.0 Å². The molecule has 3 heterocycles. The van der Waals surface area contributed by atoms with Gasteiger partial charge in [-0.15, -0.1) is 0 Å². The van der Waals surface area contributed by atoms with Gasteiger partial charge < -0.3 is 30.6 Å². The van der Waals surface area contributed by atoms with E-state index in [1.165, 1.54) is 17.5 Å². The van der Waals surface area contributed by atoms with Gasteiger partial charge >= 0.3 is 0 Å². The molecule has 0 bridgehead atoms. The summed E-state index contributed by atoms with van der Waals surface area (Å²) in [5.74, 6) is 1.38. The average molecular weight is 593 g/mol. The fourth-order valence-electron chi connectivity index (χ4n) is 5.40. The van der Waals surface area contributed by atoms with Gasteiger partial charge in [-0.1, -0.05) is 11.6 Å². The van der Waals surface area contributed by atoms with Crippen molar-refractivity contribution in [2.24, 2.45) is 5.41 Å². The lowest BCUT2D eigenvalue weighted by Gasteiger charge is -2.49. The second-order valence-corrected chi connectivity index (χ2v) is 13.2. The van der Waals surface area contributed by atoms with Crippen molar-refractivity contribution in [1.29, 1.82) is 5.41 Å². The minimum atomic E-state index is -3.26. The molecular formula is C27H37ClN6O5S. The van der Waals surface area contributed by atoms with Gasteiger partial charge in [0.1, 0.15) is 30.0 Å². The highest BCUT2D eigenvalue weighted by Gasteiger charge is 2.50. The van der Waals surface area contributed by atoms with Gasteiger partial charge in [0.25, 0.3) is 0 Å². The van der Waals surface area contributed by atoms with Crippen LogP contribution in [0.1, 0.15) is 31.5 Å². The van der Waals surface area contributed by atoms with Crippen LogP contribution >= 0.6 is 11.6 Å². The summed E-state index contributed by atoms with van der Waals surface area (Å²) in [5, 5.41) is 32.1. The van der Waals surface area contributed by atoms with Crippen LogP contribution in [0.2, 0.25) is 5.02 Å². The Bertz CT molecular complexity index is 1440. The van der Waals surface area contributed by atoms with Crippen LogP contribution in [0, 0.1) is 17.7 Å². The summed E-state index contributed by atoms with van der Waals surface area (Å²) in [5.41, 5.74) is 1.93. The molecule has 1 spiro atoms. The standard InChI is InChI=1S/C27H37ClN6O5S/c1-16-24(23(17(2)29)18(3)35)31-25(21-10-20(6-7-22(21)28)39-12-19(36)11-30-4)32-26(16)33-13-27(14-33)8-9-34(15-27)40(5,37)38/h6-7,10,19,29-30,35-36H,8-9,11-15H2,1-5H3/b23-18+,29-17?/t19-/m1/s1. The first-order chi connectivity index (χ1) is 18.7. The lowest BCUT2D eigenvalue weighted by atomic mass is 9.79. The highest BCUT2D eigenvalue weighted by Crippen LogP contribution is 2.44. The molecule has 2 aliphatic rings. The molecule has 4 rings (SSSR count). The van der Waals surface area contributed by atoms with Gasteiger partial charge in [-0.3, -0.25) is 0 Å². The van der Waals surface area contributed by atoms with Crippen LogP contribution in [-0.4, -0.2) is 97.4 Å². The SMILES string of the molecule is CNC[C@@H](O)COc1ccc(Cl)c(-c2nc(/C(C(C)=N)=C(\C)O)c(C)c(N3CC4(CCN(S(C)(=O)=O)C4)C3)n2)c1. The number of aliphatic hydroxyl groups excluding tert-OH is 2. The van der Waals surface area contributed by atoms with E-state index in [-0.39, 0.29) is 23.5 Å². The number of hydrogen-bond donors (Lipinski definition) is 4. The van der Waals surface area contributed by atoms with Crippen molar-refractivity contribution in [2.75, 3.05) is 57.5 Å². The number of anilines is 1. The summed E-state index contributed by atoms with van der Waals surface area (Å²) in [7, 11) is -1.51. The Morgan fingerprint density at radius 1 is 1.27 bits per heavy atom. The number of ether oxygens (including phenoxy) is 1. The second-order valence-electron chi connectivity index (χ2n) is 10.8. The number of sulfonamides is 1. The normalized spacial score (nSPS) is 18.4. The number of likely N-dealkylation sites (N-methyl/N-ethyl adjacent to an activating group) is 1. The zero-order valence-electron chi connectivity index (χ0n) is 23.5. The van der Waals surface area contributed by atoms with Gasteiger partial charge in [-0.25, -0.2) is 22.7 Å². The lowest BCUT2D eigenvalue weighted by Crippen LogP contribution is -2.58. The molecule has 2 saturated heterocycles. The Morgan fingerprint density at radius 3 is 2.55 bits per heavy atom. The van der Waals surface area contributed by atoms with Gasteiger partial charge in [0.15, 0.2) is 5.82 Å². The van der Waals surface area contributed by atoms with Crippen molar-refractivity contribution >= 4 is 38.7 Å². The molecule has 1 atom stereocenters. The largest absolute Gasteiger partial charge is 0.512 e. The van der Waals surface area contributed by atoms with E-state index in [2.05, 4.69) is 10.2 Å². The van der Waals surface area contributed by atoms with E-state index in [1.807, 2.05) is 6.92 Å². The molecule has 0 unspecified atom stereocenters. The van der Waals surface area contributed by atoms with Gasteiger partial charge in [0.2, 0.25) is 10.0 Å². The van der Waals surface area contributed by atoms with E-state index in [1.54, 1.807) is 32.2 Å². The molecule has 4 N–H and O–H groups in total. The topological polar surface area (TPSA) is 152 Å². The molecule has 0 radical (unpaired) electrons. The monoisotopic (exact) mass is 592 g/mol. The van der Waals surface area contributed by atoms with Crippen LogP contribution in [0.4, 0.5) is 5.82 Å². The second kappa shape index (κ2) is 11.6. The molecule has 0 aliphatic carbocycles. The zero-order valence-corrected chi connectivity index (χ0v) is 25.0. The third-order valence-corrected chi connectivity index (χ3v) is 8.96. The van der Waals surface area contributed by atoms with Crippen LogP contribution in [0.3, 0.4) is 0 Å². The number of halogens is 1. The summed E-state index contributed by atoms with van der Waals surface area (Å²) in [6.07, 6.45) is 1.32. The number of nitrogens with zero attached hydrogens (tertiary/aromatic N) is 4. The Balaban J connectivity index is 1.74. The van der Waals surface area contributed by atoms with Crippen molar-refractivity contribution in [2.45, 2.75) is 33.3 Å². The van der Waals surface area contributed by atoms with Crippen LogP contribution in [0.5, 0.6) is 5.75 Å². The van der Waals surface area contributed by atoms with E-state index in [0.717, 1.165) is 6.42 Å². The minimum Gasteiger partial charge on any atom is -0.512 e. The van der Waals surface area contributed by atoms with E-state index >= 15 is 0 Å². The number of hydrogen-bond acceptors (Lipinski definition) is 10. The van der Waals surface area contributed by atoms with Crippen molar-refractivity contribution < 1.29 is 23.4 Å². The maximum Gasteiger partial charge on any atom is 0.211 e. The molecular weight excluding hydrogens is 556 g/mol. The fourth-order valence-corrected chi connectivity index (χ4v) is 6.53. The predicted octanol–water partition coefficient (Wildman–Crippen LogP) is 2.86. The maximum absolute atomic E-state index is 12.1. The molecule has 40 heavy (non-hydrogen) atoms. The van der Waals surface area contributed by atoms with Gasteiger partial charge in [0.05, 0.1) is 22.5 Å². The number of nitrogens with one attached hydrogen (secondary N) is 2. The predicted molar refractivity (Wildman–Crippen MR) is 157 cm³/mol. The zero-order chi connectivity index (χ0) is 29.4. The Hall–Kier alpha value is -2.77. The van der Waals surface area contributed by atoms with E-state index in [0.29, 0.717) is 77.5 Å². The van der Waals surface area contributed by atoms with Crippen LogP contribution in [0.15, 0.2) is 24.0 Å². The van der Waals surface area contributed by atoms with Crippen molar-refractivity contribution in [3.05, 3.63) is 40.2 Å². The molecule has 0 amide bonds. The Morgan fingerprint density at radius 2 is 1.98 bits per heavy atom. The summed E-state index contributed by atoms with van der Waals surface area (Å²) in [6, 6.07) is 5.08. The molecule has 2 fully saturated rings. The fraction of sp³-hybridized carbons (Fsp3) is 0.519. The minimum absolute atomic E-state index is 0.0347. The third-order valence-electron chi connectivity index (χ3n) is 7.38. The summed E-state index contributed by atoms with van der Waals surface area (Å²) < 4.78 is 31.5. The first-order valence-electron chi connectivity index (χ1n) is 13.0. The highest BCUT2D eigenvalue weighted by molar-refractivity contribution is 7.88. The smallest absolute Gasteiger partial charge is 0.211 e. The van der Waals surface area contributed by atoms with E-state index in [9.17, 15) is 18.6 Å². The summed E-state index contributed by atoms with van der Waals surface area (Å²) in [6.45, 7) is 7.63. The van der Waals surface area contributed by atoms with E-state index < -0.39 is 16.1 Å². The lowest BCUT2D eigenvalue weighted by molar-refractivity contribution is 0.108. The molecule has 1 aromatic heterocycles. The number of allylic oxidation sites excluding steroid dienone is 2. The van der Waals surface area contributed by atoms with Crippen LogP contribution in [0.25, 0.3) is 17.0 Å². The molecule has 2 aliphatic heterocycles. The molecule has 11 nitrogen and oxygen atoms in total. The first kappa shape index (κ1) is 30.2. The van der Waals surface area contributed by atoms with Gasteiger partial charge in [-0.05, 0) is 52.4 Å². The summed E-state index contributed by atoms with van der Waals surface area (Å²) >= 11 is 6.60. The average Bonchev–Trinajstić information content (AvgIpc) is 3.30. The Kier molecular flexibility index (Phi) is 8.77. The highest BCUT2D eigenvalue weighted by atomic mass is 35.5. The van der Waals surface area contributed by atoms with Gasteiger partial charge in [0, 0.05) is 55.0 Å². The quantitative estimate of drug-likeness (QED) is 0.241. The first-order valence-corrected chi connectivity index (χ1v) is 15.3. The maximum atomic E-state index is 12.1. The number of aliphatic hydroxyl groups is 2. The number of rotatable bonds is 10. The number of benzene rings is 1. The van der Waals surface area contributed by atoms with Gasteiger partial charge in [-0.2, -0.15) is 0 Å². The number of aromatic nitrogens is 2. The Labute approximate surface area is 240 Å². The summed E-state index contributed by atoms with van der Waals surface area (Å²) in [4.78, 5) is 11.7.